The van der Waals surface area contributed by atoms with Crippen LogP contribution in [0.3, 0.4) is 0 Å². The number of ether oxygens (including phenoxy) is 2. The molecule has 1 atom stereocenters. The van der Waals surface area contributed by atoms with Gasteiger partial charge in [0.1, 0.15) is 0 Å². The maximum absolute atomic E-state index is 12.5. The number of nitrogens with zero attached hydrogens (tertiary/aromatic N) is 2. The summed E-state index contributed by atoms with van der Waals surface area (Å²) in [6, 6.07) is 19.3. The Morgan fingerprint density at radius 3 is 1.70 bits per heavy atom. The topological polar surface area (TPSA) is 141 Å². The fourth-order valence-electron chi connectivity index (χ4n) is 7.17. The first kappa shape index (κ1) is 42.9. The van der Waals surface area contributed by atoms with Gasteiger partial charge in [-0.15, -0.1) is 0 Å². The highest BCUT2D eigenvalue weighted by Gasteiger charge is 2.38. The SMILES string of the molecule is CCC(CCCNC(=O)OCCCN(C)C(=O)NCc1ccccc1)C(C)(C)C1CCC(NC(=O)OCCCN(C)C(=O)NCc2ccccc2)CC1. The van der Waals surface area contributed by atoms with Crippen LogP contribution < -0.4 is 21.3 Å². The second-order valence-electron chi connectivity index (χ2n) is 14.8. The molecule has 2 aromatic rings. The maximum atomic E-state index is 12.5. The number of amides is 6. The Hall–Kier alpha value is -4.48. The van der Waals surface area contributed by atoms with Crippen LogP contribution in [0.5, 0.6) is 0 Å². The van der Waals surface area contributed by atoms with E-state index in [1.807, 2.05) is 60.7 Å². The summed E-state index contributed by atoms with van der Waals surface area (Å²) in [5, 5.41) is 11.7. The minimum Gasteiger partial charge on any atom is -0.449 e. The van der Waals surface area contributed by atoms with Crippen molar-refractivity contribution in [3.8, 4) is 0 Å². The molecule has 0 spiro atoms. The highest BCUT2D eigenvalue weighted by atomic mass is 16.6. The number of nitrogens with one attached hydrogen (secondary N) is 4. The molecule has 1 saturated carbocycles. The van der Waals surface area contributed by atoms with Crippen LogP contribution in [0.1, 0.15) is 89.7 Å². The lowest BCUT2D eigenvalue weighted by atomic mass is 9.62. The van der Waals surface area contributed by atoms with Crippen molar-refractivity contribution in [1.29, 1.82) is 0 Å². The zero-order valence-corrected chi connectivity index (χ0v) is 32.7. The lowest BCUT2D eigenvalue weighted by molar-refractivity contribution is 0.0638. The molecule has 4 N–H and O–H groups in total. The summed E-state index contributed by atoms with van der Waals surface area (Å²) in [7, 11) is 3.47. The number of hydrogen-bond acceptors (Lipinski definition) is 6. The van der Waals surface area contributed by atoms with Gasteiger partial charge in [-0.2, -0.15) is 0 Å². The predicted molar refractivity (Wildman–Crippen MR) is 208 cm³/mol. The van der Waals surface area contributed by atoms with Gasteiger partial charge in [0, 0.05) is 52.9 Å². The second-order valence-corrected chi connectivity index (χ2v) is 14.8. The van der Waals surface area contributed by atoms with Crippen LogP contribution in [0.25, 0.3) is 0 Å². The van der Waals surface area contributed by atoms with Crippen molar-refractivity contribution in [2.45, 2.75) is 97.7 Å². The van der Waals surface area contributed by atoms with Gasteiger partial charge in [-0.25, -0.2) is 19.2 Å². The molecule has 0 aromatic heterocycles. The summed E-state index contributed by atoms with van der Waals surface area (Å²) in [6.07, 6.45) is 7.20. The molecule has 0 saturated heterocycles. The fraction of sp³-hybridized carbons (Fsp3) is 0.610. The van der Waals surface area contributed by atoms with Crippen molar-refractivity contribution in [1.82, 2.24) is 31.1 Å². The largest absolute Gasteiger partial charge is 0.449 e. The average Bonchev–Trinajstić information content (AvgIpc) is 3.17. The van der Waals surface area contributed by atoms with Crippen molar-refractivity contribution < 1.29 is 28.7 Å². The highest BCUT2D eigenvalue weighted by molar-refractivity contribution is 5.74. The van der Waals surface area contributed by atoms with Crippen LogP contribution in [0, 0.1) is 17.3 Å². The molecule has 0 heterocycles. The number of benzene rings is 2. The third kappa shape index (κ3) is 16.0. The molecule has 0 bridgehead atoms. The normalized spacial score (nSPS) is 16.1. The third-order valence-corrected chi connectivity index (χ3v) is 10.7. The van der Waals surface area contributed by atoms with Gasteiger partial charge < -0.3 is 40.5 Å². The number of carbonyl (C=O) groups excluding carboxylic acids is 4. The van der Waals surface area contributed by atoms with Gasteiger partial charge in [-0.05, 0) is 79.7 Å². The minimum absolute atomic E-state index is 0.105. The summed E-state index contributed by atoms with van der Waals surface area (Å²) in [4.78, 5) is 52.6. The first-order chi connectivity index (χ1) is 25.5. The van der Waals surface area contributed by atoms with Crippen molar-refractivity contribution in [2.24, 2.45) is 17.3 Å². The molecule has 3 rings (SSSR count). The zero-order chi connectivity index (χ0) is 38.5. The van der Waals surface area contributed by atoms with Gasteiger partial charge in [0.25, 0.3) is 0 Å². The van der Waals surface area contributed by atoms with Crippen molar-refractivity contribution in [3.05, 3.63) is 71.8 Å². The maximum Gasteiger partial charge on any atom is 0.407 e. The zero-order valence-electron chi connectivity index (χ0n) is 32.7. The summed E-state index contributed by atoms with van der Waals surface area (Å²) < 4.78 is 10.8. The van der Waals surface area contributed by atoms with Gasteiger partial charge in [0.05, 0.1) is 13.2 Å². The van der Waals surface area contributed by atoms with E-state index in [-0.39, 0.29) is 36.7 Å². The molecule has 53 heavy (non-hydrogen) atoms. The molecule has 1 aliphatic rings. The molecular weight excluding hydrogens is 672 g/mol. The number of alkyl carbamates (subject to hydrolysis) is 2. The minimum atomic E-state index is -0.424. The molecule has 12 nitrogen and oxygen atoms in total. The Labute approximate surface area is 317 Å². The Bertz CT molecular complexity index is 1360. The summed E-state index contributed by atoms with van der Waals surface area (Å²) in [5.74, 6) is 1.07. The summed E-state index contributed by atoms with van der Waals surface area (Å²) >= 11 is 0. The van der Waals surface area contributed by atoms with E-state index in [9.17, 15) is 19.2 Å². The lowest BCUT2D eigenvalue weighted by Crippen LogP contribution is -2.42. The monoisotopic (exact) mass is 736 g/mol. The van der Waals surface area contributed by atoms with E-state index >= 15 is 0 Å². The smallest absolute Gasteiger partial charge is 0.407 e. The third-order valence-electron chi connectivity index (χ3n) is 10.7. The Kier molecular flexibility index (Phi) is 18.8. The predicted octanol–water partition coefficient (Wildman–Crippen LogP) is 7.29. The van der Waals surface area contributed by atoms with Gasteiger partial charge >= 0.3 is 24.2 Å². The van der Waals surface area contributed by atoms with Crippen molar-refractivity contribution in [3.63, 3.8) is 0 Å². The van der Waals surface area contributed by atoms with E-state index in [1.54, 1.807) is 23.9 Å². The van der Waals surface area contributed by atoms with Crippen molar-refractivity contribution in [2.75, 3.05) is 46.9 Å². The Morgan fingerprint density at radius 1 is 0.717 bits per heavy atom. The van der Waals surface area contributed by atoms with Crippen LogP contribution >= 0.6 is 0 Å². The first-order valence-corrected chi connectivity index (χ1v) is 19.4. The van der Waals surface area contributed by atoms with Crippen LogP contribution in [0.4, 0.5) is 19.2 Å². The molecule has 0 aliphatic heterocycles. The number of rotatable bonds is 20. The highest BCUT2D eigenvalue weighted by Crippen LogP contribution is 2.46. The van der Waals surface area contributed by atoms with Crippen LogP contribution in [-0.4, -0.2) is 87.0 Å². The fourth-order valence-corrected chi connectivity index (χ4v) is 7.17. The molecule has 1 unspecified atom stereocenters. The standard InChI is InChI=1S/C41H64N6O6/c1-6-34(20-13-25-42-39(50)52-28-14-26-46(4)37(48)43-30-32-16-9-7-10-17-32)41(2,3)35-21-23-36(24-22-35)45-40(51)53-29-15-27-47(5)38(49)44-31-33-18-11-8-12-19-33/h7-12,16-19,34-36H,6,13-15,20-31H2,1-5H3,(H,42,50)(H,43,48)(H,44,49)(H,45,51). The molecule has 1 fully saturated rings. The van der Waals surface area contributed by atoms with Crippen LogP contribution in [-0.2, 0) is 22.6 Å². The molecule has 6 amide bonds. The van der Waals surface area contributed by atoms with Gasteiger partial charge in [0.2, 0.25) is 0 Å². The van der Waals surface area contributed by atoms with Gasteiger partial charge in [0.15, 0.2) is 0 Å². The van der Waals surface area contributed by atoms with Crippen LogP contribution in [0.15, 0.2) is 60.7 Å². The van der Waals surface area contributed by atoms with E-state index in [4.69, 9.17) is 9.47 Å². The van der Waals surface area contributed by atoms with E-state index in [0.717, 1.165) is 56.1 Å². The summed E-state index contributed by atoms with van der Waals surface area (Å²) in [6.45, 7) is 9.95. The molecule has 294 valence electrons. The molecule has 0 radical (unpaired) electrons. The average molecular weight is 737 g/mol. The van der Waals surface area contributed by atoms with Crippen molar-refractivity contribution >= 4 is 24.2 Å². The summed E-state index contributed by atoms with van der Waals surface area (Å²) in [5.41, 5.74) is 2.22. The van der Waals surface area contributed by atoms with Gasteiger partial charge in [-0.3, -0.25) is 0 Å². The number of carbonyl (C=O) groups is 4. The van der Waals surface area contributed by atoms with E-state index in [1.165, 1.54) is 0 Å². The van der Waals surface area contributed by atoms with E-state index in [0.29, 0.717) is 57.4 Å². The molecule has 12 heteroatoms. The molecule has 1 aliphatic carbocycles. The van der Waals surface area contributed by atoms with Gasteiger partial charge in [-0.1, -0.05) is 87.9 Å². The second kappa shape index (κ2) is 23.2. The van der Waals surface area contributed by atoms with E-state index in [2.05, 4.69) is 42.0 Å². The number of hydrogen-bond donors (Lipinski definition) is 4. The molecular formula is C41H64N6O6. The quantitative estimate of drug-likeness (QED) is 0.105. The molecule has 2 aromatic carbocycles. The number of urea groups is 2. The van der Waals surface area contributed by atoms with Crippen LogP contribution in [0.2, 0.25) is 0 Å². The Balaban J connectivity index is 1.22. The van der Waals surface area contributed by atoms with E-state index < -0.39 is 12.2 Å². The Morgan fingerprint density at radius 2 is 1.21 bits per heavy atom. The lowest BCUT2D eigenvalue weighted by Gasteiger charge is -2.44. The first-order valence-electron chi connectivity index (χ1n) is 19.4.